The second-order valence-corrected chi connectivity index (χ2v) is 9.07. The molecule has 3 heterocycles. The van der Waals surface area contributed by atoms with Crippen molar-refractivity contribution in [2.45, 2.75) is 12.1 Å². The standard InChI is InChI=1S/C20H14BrClN4OS/c21-15-5-4-13-6-18(28-17(13)8-15)19-25-20(10-27-19,9-26-12-23-11-24-26)14-2-1-3-16(22)7-14/h1-8,11-12H,9-10H2. The van der Waals surface area contributed by atoms with Gasteiger partial charge in [-0.1, -0.05) is 45.7 Å². The van der Waals surface area contributed by atoms with Crippen molar-refractivity contribution in [3.8, 4) is 0 Å². The van der Waals surface area contributed by atoms with Crippen molar-refractivity contribution < 1.29 is 4.74 Å². The molecule has 0 bridgehead atoms. The quantitative estimate of drug-likeness (QED) is 0.405. The first-order chi connectivity index (χ1) is 13.6. The molecule has 8 heteroatoms. The summed E-state index contributed by atoms with van der Waals surface area (Å²) in [6, 6.07) is 16.1. The minimum atomic E-state index is -0.606. The molecule has 0 aliphatic carbocycles. The highest BCUT2D eigenvalue weighted by Crippen LogP contribution is 2.37. The van der Waals surface area contributed by atoms with E-state index in [1.807, 2.05) is 30.3 Å². The monoisotopic (exact) mass is 472 g/mol. The van der Waals surface area contributed by atoms with Crippen molar-refractivity contribution in [3.63, 3.8) is 0 Å². The van der Waals surface area contributed by atoms with Gasteiger partial charge in [0.25, 0.3) is 0 Å². The Balaban J connectivity index is 1.60. The zero-order valence-corrected chi connectivity index (χ0v) is 17.7. The van der Waals surface area contributed by atoms with E-state index in [4.69, 9.17) is 21.3 Å². The smallest absolute Gasteiger partial charge is 0.227 e. The fraction of sp³-hybridized carbons (Fsp3) is 0.150. The largest absolute Gasteiger partial charge is 0.474 e. The molecule has 2 aromatic carbocycles. The highest BCUT2D eigenvalue weighted by molar-refractivity contribution is 9.10. The zero-order chi connectivity index (χ0) is 19.1. The number of ether oxygens (including phenoxy) is 1. The van der Waals surface area contributed by atoms with E-state index in [1.165, 1.54) is 16.4 Å². The summed E-state index contributed by atoms with van der Waals surface area (Å²) in [7, 11) is 0. The molecule has 1 aliphatic rings. The Bertz CT molecular complexity index is 1190. The summed E-state index contributed by atoms with van der Waals surface area (Å²) in [6.07, 6.45) is 3.22. The topological polar surface area (TPSA) is 52.3 Å². The van der Waals surface area contributed by atoms with Crippen molar-refractivity contribution in [2.24, 2.45) is 4.99 Å². The van der Waals surface area contributed by atoms with Crippen LogP contribution in [0.5, 0.6) is 0 Å². The van der Waals surface area contributed by atoms with Gasteiger partial charge in [-0.2, -0.15) is 5.10 Å². The van der Waals surface area contributed by atoms with Crippen LogP contribution >= 0.6 is 38.9 Å². The van der Waals surface area contributed by atoms with Crippen LogP contribution in [0, 0.1) is 0 Å². The van der Waals surface area contributed by atoms with Gasteiger partial charge in [-0.15, -0.1) is 11.3 Å². The number of hydrogen-bond acceptors (Lipinski definition) is 5. The third-order valence-electron chi connectivity index (χ3n) is 4.71. The van der Waals surface area contributed by atoms with Crippen molar-refractivity contribution in [1.29, 1.82) is 0 Å². The van der Waals surface area contributed by atoms with Gasteiger partial charge in [-0.25, -0.2) is 9.98 Å². The van der Waals surface area contributed by atoms with E-state index in [9.17, 15) is 0 Å². The molecule has 1 unspecified atom stereocenters. The van der Waals surface area contributed by atoms with Crippen molar-refractivity contribution in [3.05, 3.63) is 81.1 Å². The molecule has 140 valence electrons. The molecule has 0 saturated heterocycles. The van der Waals surface area contributed by atoms with Crippen molar-refractivity contribution in [1.82, 2.24) is 14.8 Å². The van der Waals surface area contributed by atoms with Crippen LogP contribution in [-0.2, 0) is 16.8 Å². The van der Waals surface area contributed by atoms with E-state index in [-0.39, 0.29) is 0 Å². The second kappa shape index (κ2) is 6.99. The highest BCUT2D eigenvalue weighted by atomic mass is 79.9. The first-order valence-corrected chi connectivity index (χ1v) is 10.6. The Morgan fingerprint density at radius 3 is 2.96 bits per heavy atom. The molecular formula is C20H14BrClN4OS. The van der Waals surface area contributed by atoms with E-state index in [2.05, 4.69) is 44.2 Å². The third kappa shape index (κ3) is 3.23. The molecule has 0 saturated carbocycles. The lowest BCUT2D eigenvalue weighted by molar-refractivity contribution is 0.230. The number of thiophene rings is 1. The number of benzene rings is 2. The van der Waals surface area contributed by atoms with Gasteiger partial charge in [0.2, 0.25) is 5.90 Å². The molecule has 1 atom stereocenters. The Morgan fingerprint density at radius 1 is 1.21 bits per heavy atom. The summed E-state index contributed by atoms with van der Waals surface area (Å²) in [5.41, 5.74) is 0.388. The maximum atomic E-state index is 6.26. The average Bonchev–Trinajstić information content (AvgIpc) is 3.41. The van der Waals surface area contributed by atoms with Crippen molar-refractivity contribution >= 4 is 54.9 Å². The Kier molecular flexibility index (Phi) is 4.45. The Labute approximate surface area is 178 Å². The molecule has 0 N–H and O–H groups in total. The summed E-state index contributed by atoms with van der Waals surface area (Å²) >= 11 is 11.5. The predicted octanol–water partition coefficient (Wildman–Crippen LogP) is 5.28. The highest BCUT2D eigenvalue weighted by Gasteiger charge is 2.40. The number of aromatic nitrogens is 3. The molecule has 0 amide bonds. The van der Waals surface area contributed by atoms with Crippen LogP contribution in [-0.4, -0.2) is 27.3 Å². The number of nitrogens with zero attached hydrogens (tertiary/aromatic N) is 4. The van der Waals surface area contributed by atoms with Crippen LogP contribution in [0.3, 0.4) is 0 Å². The fourth-order valence-electron chi connectivity index (χ4n) is 3.36. The van der Waals surface area contributed by atoms with Gasteiger partial charge in [0.05, 0.1) is 11.4 Å². The molecule has 2 aromatic heterocycles. The first kappa shape index (κ1) is 17.8. The van der Waals surface area contributed by atoms with Gasteiger partial charge in [-0.05, 0) is 41.3 Å². The maximum Gasteiger partial charge on any atom is 0.227 e. The molecule has 0 fully saturated rings. The number of hydrogen-bond donors (Lipinski definition) is 0. The van der Waals surface area contributed by atoms with Crippen LogP contribution < -0.4 is 0 Å². The van der Waals surface area contributed by atoms with E-state index < -0.39 is 5.54 Å². The predicted molar refractivity (Wildman–Crippen MR) is 115 cm³/mol. The number of aliphatic imine (C=N–C) groups is 1. The lowest BCUT2D eigenvalue weighted by Crippen LogP contribution is -2.31. The van der Waals surface area contributed by atoms with Gasteiger partial charge >= 0.3 is 0 Å². The average molecular weight is 474 g/mol. The van der Waals surface area contributed by atoms with Gasteiger partial charge in [0.15, 0.2) is 0 Å². The number of fused-ring (bicyclic) bond motifs is 1. The lowest BCUT2D eigenvalue weighted by Gasteiger charge is -2.24. The van der Waals surface area contributed by atoms with E-state index in [0.29, 0.717) is 24.1 Å². The summed E-state index contributed by atoms with van der Waals surface area (Å²) in [5, 5.41) is 6.10. The van der Waals surface area contributed by atoms with Crippen LogP contribution in [0.2, 0.25) is 5.02 Å². The fourth-order valence-corrected chi connectivity index (χ4v) is 5.11. The lowest BCUT2D eigenvalue weighted by atomic mass is 9.91. The SMILES string of the molecule is Clc1cccc(C2(Cn3cncn3)COC(c3cc4ccc(Br)cc4s3)=N2)c1. The molecule has 1 aliphatic heterocycles. The third-order valence-corrected chi connectivity index (χ3v) is 6.52. The van der Waals surface area contributed by atoms with Gasteiger partial charge in [0.1, 0.15) is 24.8 Å². The number of rotatable bonds is 4. The molecular weight excluding hydrogens is 460 g/mol. The van der Waals surface area contributed by atoms with Crippen LogP contribution in [0.4, 0.5) is 0 Å². The minimum Gasteiger partial charge on any atom is -0.474 e. The summed E-state index contributed by atoms with van der Waals surface area (Å²) in [5.74, 6) is 0.650. The summed E-state index contributed by atoms with van der Waals surface area (Å²) in [4.78, 5) is 10.1. The van der Waals surface area contributed by atoms with E-state index in [0.717, 1.165) is 14.9 Å². The van der Waals surface area contributed by atoms with Gasteiger partial charge < -0.3 is 4.74 Å². The first-order valence-electron chi connectivity index (χ1n) is 8.62. The molecule has 5 nitrogen and oxygen atoms in total. The van der Waals surface area contributed by atoms with E-state index >= 15 is 0 Å². The Hall–Kier alpha value is -2.22. The molecule has 5 rings (SSSR count). The van der Waals surface area contributed by atoms with Gasteiger partial charge in [0, 0.05) is 14.2 Å². The minimum absolute atomic E-state index is 0.417. The second-order valence-electron chi connectivity index (χ2n) is 6.63. The van der Waals surface area contributed by atoms with Crippen LogP contribution in [0.25, 0.3) is 10.1 Å². The molecule has 4 aromatic rings. The summed E-state index contributed by atoms with van der Waals surface area (Å²) in [6.45, 7) is 0.938. The normalized spacial score (nSPS) is 19.0. The molecule has 28 heavy (non-hydrogen) atoms. The Morgan fingerprint density at radius 2 is 2.14 bits per heavy atom. The van der Waals surface area contributed by atoms with Crippen LogP contribution in [0.1, 0.15) is 10.4 Å². The zero-order valence-electron chi connectivity index (χ0n) is 14.5. The van der Waals surface area contributed by atoms with Crippen LogP contribution in [0.15, 0.2) is 70.7 Å². The van der Waals surface area contributed by atoms with E-state index in [1.54, 1.807) is 22.3 Å². The summed E-state index contributed by atoms with van der Waals surface area (Å²) < 4.78 is 10.1. The molecule has 0 radical (unpaired) electrons. The van der Waals surface area contributed by atoms with Crippen molar-refractivity contribution in [2.75, 3.05) is 6.61 Å². The maximum absolute atomic E-state index is 6.26. The number of halogens is 2. The molecule has 0 spiro atoms. The van der Waals surface area contributed by atoms with Gasteiger partial charge in [-0.3, -0.25) is 4.68 Å².